The molecule has 1 aliphatic rings. The van der Waals surface area contributed by atoms with Crippen LogP contribution in [0.15, 0.2) is 27.1 Å². The van der Waals surface area contributed by atoms with E-state index in [4.69, 9.17) is 28.2 Å². The second kappa shape index (κ2) is 6.53. The van der Waals surface area contributed by atoms with Crippen LogP contribution in [0, 0.1) is 0 Å². The van der Waals surface area contributed by atoms with Gasteiger partial charge in [-0.1, -0.05) is 52.0 Å². The molecule has 2 aromatic rings. The lowest BCUT2D eigenvalue weighted by atomic mass is 10.0. The SMILES string of the molecule is Clc1cc(Br)ccc1-c1nc(Cl)c(Br)c(C2CCCC2)n1. The molecular weight excluding hydrogens is 439 g/mol. The second-order valence-corrected chi connectivity index (χ2v) is 7.62. The molecule has 1 aromatic carbocycles. The van der Waals surface area contributed by atoms with E-state index < -0.39 is 0 Å². The van der Waals surface area contributed by atoms with E-state index in [1.165, 1.54) is 12.8 Å². The van der Waals surface area contributed by atoms with Gasteiger partial charge in [0.25, 0.3) is 0 Å². The van der Waals surface area contributed by atoms with Crippen LogP contribution >= 0.6 is 55.1 Å². The summed E-state index contributed by atoms with van der Waals surface area (Å²) in [6.07, 6.45) is 4.79. The topological polar surface area (TPSA) is 25.8 Å². The number of rotatable bonds is 2. The maximum absolute atomic E-state index is 6.30. The van der Waals surface area contributed by atoms with Gasteiger partial charge in [-0.15, -0.1) is 0 Å². The van der Waals surface area contributed by atoms with Crippen LogP contribution in [0.4, 0.5) is 0 Å². The first-order chi connectivity index (χ1) is 10.1. The van der Waals surface area contributed by atoms with E-state index in [0.717, 1.165) is 33.0 Å². The molecule has 2 nitrogen and oxygen atoms in total. The van der Waals surface area contributed by atoms with Gasteiger partial charge in [-0.25, -0.2) is 9.97 Å². The molecular formula is C15H12Br2Cl2N2. The molecule has 1 fully saturated rings. The Hall–Kier alpha value is -0.160. The summed E-state index contributed by atoms with van der Waals surface area (Å²) < 4.78 is 1.74. The zero-order chi connectivity index (χ0) is 15.0. The number of hydrogen-bond acceptors (Lipinski definition) is 2. The Morgan fingerprint density at radius 3 is 2.43 bits per heavy atom. The van der Waals surface area contributed by atoms with Gasteiger partial charge in [-0.3, -0.25) is 0 Å². The molecule has 3 rings (SSSR count). The molecule has 0 saturated heterocycles. The highest BCUT2D eigenvalue weighted by Gasteiger charge is 2.24. The Morgan fingerprint density at radius 2 is 1.76 bits per heavy atom. The molecule has 0 aliphatic heterocycles. The Morgan fingerprint density at radius 1 is 1.05 bits per heavy atom. The van der Waals surface area contributed by atoms with E-state index in [1.54, 1.807) is 0 Å². The van der Waals surface area contributed by atoms with Gasteiger partial charge >= 0.3 is 0 Å². The molecule has 1 saturated carbocycles. The van der Waals surface area contributed by atoms with Crippen molar-refractivity contribution < 1.29 is 0 Å². The predicted octanol–water partition coefficient (Wildman–Crippen LogP) is 6.63. The van der Waals surface area contributed by atoms with Gasteiger partial charge in [0.1, 0.15) is 5.15 Å². The average Bonchev–Trinajstić information content (AvgIpc) is 2.96. The minimum absolute atomic E-state index is 0.445. The molecule has 0 spiro atoms. The van der Waals surface area contributed by atoms with Crippen molar-refractivity contribution in [3.8, 4) is 11.4 Å². The lowest BCUT2D eigenvalue weighted by Gasteiger charge is -2.14. The molecule has 110 valence electrons. The standard InChI is InChI=1S/C15H12Br2Cl2N2/c16-9-5-6-10(11(18)7-9)15-20-13(8-3-1-2-4-8)12(17)14(19)21-15/h5-8H,1-4H2. The van der Waals surface area contributed by atoms with Crippen molar-refractivity contribution in [3.63, 3.8) is 0 Å². The fraction of sp³-hybridized carbons (Fsp3) is 0.333. The number of hydrogen-bond donors (Lipinski definition) is 0. The van der Waals surface area contributed by atoms with Gasteiger partial charge in [0.2, 0.25) is 0 Å². The summed E-state index contributed by atoms with van der Waals surface area (Å²) in [4.78, 5) is 9.11. The van der Waals surface area contributed by atoms with Gasteiger partial charge in [0.05, 0.1) is 15.2 Å². The fourth-order valence-electron chi connectivity index (χ4n) is 2.70. The molecule has 0 radical (unpaired) electrons. The first-order valence-electron chi connectivity index (χ1n) is 6.74. The summed E-state index contributed by atoms with van der Waals surface area (Å²) >= 11 is 19.5. The van der Waals surface area contributed by atoms with Crippen LogP contribution in [0.25, 0.3) is 11.4 Å². The summed E-state index contributed by atoms with van der Waals surface area (Å²) in [6.45, 7) is 0. The monoisotopic (exact) mass is 448 g/mol. The highest BCUT2D eigenvalue weighted by atomic mass is 79.9. The van der Waals surface area contributed by atoms with Crippen molar-refractivity contribution in [2.45, 2.75) is 31.6 Å². The predicted molar refractivity (Wildman–Crippen MR) is 94.1 cm³/mol. The van der Waals surface area contributed by atoms with E-state index in [2.05, 4.69) is 36.8 Å². The molecule has 0 amide bonds. The Labute approximate surface area is 150 Å². The third-order valence-electron chi connectivity index (χ3n) is 3.75. The summed E-state index contributed by atoms with van der Waals surface area (Å²) in [5.74, 6) is 1.04. The Bertz CT molecular complexity index is 686. The average molecular weight is 451 g/mol. The highest BCUT2D eigenvalue weighted by Crippen LogP contribution is 2.40. The van der Waals surface area contributed by atoms with Gasteiger partial charge < -0.3 is 0 Å². The normalized spacial score (nSPS) is 15.6. The maximum Gasteiger partial charge on any atom is 0.162 e. The summed E-state index contributed by atoms with van der Waals surface area (Å²) in [5, 5.41) is 1.06. The third kappa shape index (κ3) is 3.29. The van der Waals surface area contributed by atoms with Gasteiger partial charge in [-0.05, 0) is 47.0 Å². The fourth-order valence-corrected chi connectivity index (χ4v) is 4.13. The van der Waals surface area contributed by atoms with Crippen molar-refractivity contribution in [1.82, 2.24) is 9.97 Å². The number of aromatic nitrogens is 2. The van der Waals surface area contributed by atoms with Crippen molar-refractivity contribution in [2.24, 2.45) is 0 Å². The molecule has 0 N–H and O–H groups in total. The van der Waals surface area contributed by atoms with Crippen LogP contribution in [0.2, 0.25) is 10.2 Å². The Balaban J connectivity index is 2.10. The summed E-state index contributed by atoms with van der Waals surface area (Å²) in [5.41, 5.74) is 1.80. The van der Waals surface area contributed by atoms with Crippen molar-refractivity contribution >= 4 is 55.1 Å². The van der Waals surface area contributed by atoms with Crippen molar-refractivity contribution in [3.05, 3.63) is 43.0 Å². The molecule has 0 bridgehead atoms. The molecule has 21 heavy (non-hydrogen) atoms. The van der Waals surface area contributed by atoms with Crippen LogP contribution in [-0.2, 0) is 0 Å². The number of halogens is 4. The van der Waals surface area contributed by atoms with Crippen molar-refractivity contribution in [2.75, 3.05) is 0 Å². The van der Waals surface area contributed by atoms with Crippen LogP contribution < -0.4 is 0 Å². The summed E-state index contributed by atoms with van der Waals surface area (Å²) in [6, 6.07) is 5.67. The van der Waals surface area contributed by atoms with Crippen LogP contribution in [0.1, 0.15) is 37.3 Å². The minimum Gasteiger partial charge on any atom is -0.231 e. The number of benzene rings is 1. The third-order valence-corrected chi connectivity index (χ3v) is 5.84. The van der Waals surface area contributed by atoms with Crippen molar-refractivity contribution in [1.29, 1.82) is 0 Å². The lowest BCUT2D eigenvalue weighted by Crippen LogP contribution is -2.03. The first kappa shape index (κ1) is 15.7. The van der Waals surface area contributed by atoms with Gasteiger partial charge in [0.15, 0.2) is 5.82 Å². The second-order valence-electron chi connectivity index (χ2n) is 5.14. The van der Waals surface area contributed by atoms with E-state index >= 15 is 0 Å². The zero-order valence-electron chi connectivity index (χ0n) is 11.0. The molecule has 0 atom stereocenters. The zero-order valence-corrected chi connectivity index (χ0v) is 15.7. The molecule has 1 heterocycles. The van der Waals surface area contributed by atoms with Gasteiger partial charge in [0, 0.05) is 16.0 Å². The Kier molecular flexibility index (Phi) is 4.89. The minimum atomic E-state index is 0.445. The van der Waals surface area contributed by atoms with Crippen LogP contribution in [0.3, 0.4) is 0 Å². The number of nitrogens with zero attached hydrogens (tertiary/aromatic N) is 2. The molecule has 1 aromatic heterocycles. The molecule has 1 aliphatic carbocycles. The maximum atomic E-state index is 6.30. The van der Waals surface area contributed by atoms with Crippen LogP contribution in [-0.4, -0.2) is 9.97 Å². The highest BCUT2D eigenvalue weighted by molar-refractivity contribution is 9.10. The first-order valence-corrected chi connectivity index (χ1v) is 9.09. The lowest BCUT2D eigenvalue weighted by molar-refractivity contribution is 0.691. The van der Waals surface area contributed by atoms with Crippen LogP contribution in [0.5, 0.6) is 0 Å². The van der Waals surface area contributed by atoms with E-state index in [9.17, 15) is 0 Å². The smallest absolute Gasteiger partial charge is 0.162 e. The van der Waals surface area contributed by atoms with E-state index in [1.807, 2.05) is 18.2 Å². The van der Waals surface area contributed by atoms with E-state index in [-0.39, 0.29) is 0 Å². The largest absolute Gasteiger partial charge is 0.231 e. The van der Waals surface area contributed by atoms with Gasteiger partial charge in [-0.2, -0.15) is 0 Å². The van der Waals surface area contributed by atoms with E-state index in [0.29, 0.717) is 21.9 Å². The molecule has 0 unspecified atom stereocenters. The molecule has 6 heteroatoms. The summed E-state index contributed by atoms with van der Waals surface area (Å²) in [7, 11) is 0. The quantitative estimate of drug-likeness (QED) is 0.479.